The minimum atomic E-state index is -0.191. The first-order valence-corrected chi connectivity index (χ1v) is 7.49. The fourth-order valence-corrected chi connectivity index (χ4v) is 2.87. The number of esters is 1. The third-order valence-electron chi connectivity index (χ3n) is 4.04. The molecule has 3 heteroatoms. The molecule has 1 fully saturated rings. The van der Waals surface area contributed by atoms with Gasteiger partial charge in [0.05, 0.1) is 17.9 Å². The van der Waals surface area contributed by atoms with Gasteiger partial charge in [0.25, 0.3) is 0 Å². The molecule has 0 aliphatic heterocycles. The van der Waals surface area contributed by atoms with E-state index in [-0.39, 0.29) is 5.97 Å². The lowest BCUT2D eigenvalue weighted by atomic mass is 10.0. The van der Waals surface area contributed by atoms with Crippen molar-refractivity contribution < 1.29 is 9.53 Å². The number of carbonyl (C=O) groups is 1. The van der Waals surface area contributed by atoms with Crippen molar-refractivity contribution in [2.45, 2.75) is 57.8 Å². The van der Waals surface area contributed by atoms with E-state index in [0.717, 1.165) is 36.9 Å². The highest BCUT2D eigenvalue weighted by Crippen LogP contribution is 2.41. The number of pyridine rings is 1. The normalized spacial score (nSPS) is 18.6. The van der Waals surface area contributed by atoms with Gasteiger partial charge in [0, 0.05) is 11.6 Å². The second-order valence-corrected chi connectivity index (χ2v) is 5.58. The quantitative estimate of drug-likeness (QED) is 0.617. The van der Waals surface area contributed by atoms with E-state index >= 15 is 0 Å². The third kappa shape index (κ3) is 2.65. The van der Waals surface area contributed by atoms with Crippen molar-refractivity contribution in [3.05, 3.63) is 28.6 Å². The molecule has 0 radical (unpaired) electrons. The number of carbonyl (C=O) groups excluding carboxylic acids is 1. The Labute approximate surface area is 114 Å². The minimum absolute atomic E-state index is 0.191. The van der Waals surface area contributed by atoms with Gasteiger partial charge in [0.2, 0.25) is 0 Å². The Morgan fingerprint density at radius 2 is 2.11 bits per heavy atom. The first-order chi connectivity index (χ1) is 9.29. The van der Waals surface area contributed by atoms with Crippen LogP contribution in [0.2, 0.25) is 0 Å². The Balaban J connectivity index is 2.00. The van der Waals surface area contributed by atoms with Gasteiger partial charge in [0.1, 0.15) is 0 Å². The van der Waals surface area contributed by atoms with E-state index < -0.39 is 0 Å². The van der Waals surface area contributed by atoms with Crippen LogP contribution < -0.4 is 0 Å². The Morgan fingerprint density at radius 1 is 1.32 bits per heavy atom. The van der Waals surface area contributed by atoms with E-state index in [1.165, 1.54) is 30.5 Å². The molecule has 102 valence electrons. The largest absolute Gasteiger partial charge is 0.462 e. The van der Waals surface area contributed by atoms with Crippen LogP contribution in [0.5, 0.6) is 0 Å². The van der Waals surface area contributed by atoms with Crippen LogP contribution in [0.15, 0.2) is 6.07 Å². The van der Waals surface area contributed by atoms with Crippen molar-refractivity contribution in [3.63, 3.8) is 0 Å². The number of aryl methyl sites for hydroxylation is 2. The zero-order chi connectivity index (χ0) is 13.2. The number of hydrogen-bond donors (Lipinski definition) is 0. The van der Waals surface area contributed by atoms with Gasteiger partial charge in [-0.25, -0.2) is 4.79 Å². The highest BCUT2D eigenvalue weighted by molar-refractivity contribution is 5.91. The van der Waals surface area contributed by atoms with Gasteiger partial charge >= 0.3 is 5.97 Å². The number of aromatic nitrogens is 1. The zero-order valence-electron chi connectivity index (χ0n) is 11.6. The molecule has 1 aromatic rings. The summed E-state index contributed by atoms with van der Waals surface area (Å²) in [7, 11) is 0. The van der Waals surface area contributed by atoms with Crippen molar-refractivity contribution >= 4 is 5.97 Å². The predicted octanol–water partition coefficient (Wildman–Crippen LogP) is 3.40. The summed E-state index contributed by atoms with van der Waals surface area (Å²) in [5.41, 5.74) is 4.22. The Hall–Kier alpha value is -1.38. The van der Waals surface area contributed by atoms with Crippen LogP contribution in [0.25, 0.3) is 0 Å². The summed E-state index contributed by atoms with van der Waals surface area (Å²) >= 11 is 0. The molecule has 0 N–H and O–H groups in total. The van der Waals surface area contributed by atoms with Gasteiger partial charge in [-0.3, -0.25) is 4.98 Å². The van der Waals surface area contributed by atoms with E-state index in [2.05, 4.69) is 6.07 Å². The van der Waals surface area contributed by atoms with Gasteiger partial charge in [0.15, 0.2) is 0 Å². The summed E-state index contributed by atoms with van der Waals surface area (Å²) in [5.74, 6) is 0.303. The smallest absolute Gasteiger partial charge is 0.339 e. The first-order valence-electron chi connectivity index (χ1n) is 7.49. The van der Waals surface area contributed by atoms with Crippen LogP contribution in [-0.2, 0) is 17.6 Å². The molecule has 0 amide bonds. The van der Waals surface area contributed by atoms with Gasteiger partial charge in [-0.2, -0.15) is 0 Å². The van der Waals surface area contributed by atoms with Gasteiger partial charge in [-0.15, -0.1) is 0 Å². The molecule has 1 saturated carbocycles. The molecule has 1 heterocycles. The first kappa shape index (κ1) is 12.6. The molecule has 1 aromatic heterocycles. The van der Waals surface area contributed by atoms with Crippen molar-refractivity contribution in [1.29, 1.82) is 0 Å². The van der Waals surface area contributed by atoms with E-state index in [1.54, 1.807) is 0 Å². The Morgan fingerprint density at radius 3 is 2.84 bits per heavy atom. The lowest BCUT2D eigenvalue weighted by Crippen LogP contribution is -2.12. The second kappa shape index (κ2) is 5.32. The van der Waals surface area contributed by atoms with E-state index in [9.17, 15) is 4.79 Å². The predicted molar refractivity (Wildman–Crippen MR) is 73.4 cm³/mol. The maximum Gasteiger partial charge on any atom is 0.339 e. The minimum Gasteiger partial charge on any atom is -0.462 e. The van der Waals surface area contributed by atoms with Gasteiger partial charge in [-0.05, 0) is 57.1 Å². The summed E-state index contributed by atoms with van der Waals surface area (Å²) in [4.78, 5) is 16.9. The van der Waals surface area contributed by atoms with Crippen molar-refractivity contribution in [2.24, 2.45) is 0 Å². The van der Waals surface area contributed by atoms with Crippen molar-refractivity contribution in [2.75, 3.05) is 6.61 Å². The molecule has 0 aromatic carbocycles. The monoisotopic (exact) mass is 259 g/mol. The highest BCUT2D eigenvalue weighted by Gasteiger charge is 2.31. The standard InChI is InChI=1S/C16H21NO2/c1-2-19-16(18)13-10-12-6-4-3-5-7-14(12)17-15(13)11-8-9-11/h10-11H,2-9H2,1H3. The molecule has 0 saturated heterocycles. The van der Waals surface area contributed by atoms with E-state index in [4.69, 9.17) is 9.72 Å². The molecule has 0 unspecified atom stereocenters. The Bertz CT molecular complexity index is 492. The average Bonchev–Trinajstić information content (AvgIpc) is 3.24. The fourth-order valence-electron chi connectivity index (χ4n) is 2.87. The molecule has 3 nitrogen and oxygen atoms in total. The molecule has 2 aliphatic carbocycles. The summed E-state index contributed by atoms with van der Waals surface area (Å²) in [6.45, 7) is 2.28. The number of hydrogen-bond acceptors (Lipinski definition) is 3. The Kier molecular flexibility index (Phi) is 3.54. The van der Waals surface area contributed by atoms with Crippen molar-refractivity contribution in [1.82, 2.24) is 4.98 Å². The maximum absolute atomic E-state index is 12.1. The van der Waals surface area contributed by atoms with Gasteiger partial charge in [-0.1, -0.05) is 6.42 Å². The topological polar surface area (TPSA) is 39.2 Å². The summed E-state index contributed by atoms with van der Waals surface area (Å²) < 4.78 is 5.19. The number of fused-ring (bicyclic) bond motifs is 1. The fraction of sp³-hybridized carbons (Fsp3) is 0.625. The molecule has 0 atom stereocenters. The molecule has 2 aliphatic rings. The van der Waals surface area contributed by atoms with Crippen molar-refractivity contribution in [3.8, 4) is 0 Å². The maximum atomic E-state index is 12.1. The molecule has 19 heavy (non-hydrogen) atoms. The molecular weight excluding hydrogens is 238 g/mol. The highest BCUT2D eigenvalue weighted by atomic mass is 16.5. The van der Waals surface area contributed by atoms with Crippen LogP contribution in [-0.4, -0.2) is 17.6 Å². The number of nitrogens with zero attached hydrogens (tertiary/aromatic N) is 1. The van der Waals surface area contributed by atoms with Crippen LogP contribution in [0.1, 0.15) is 72.3 Å². The average molecular weight is 259 g/mol. The van der Waals surface area contributed by atoms with E-state index in [1.807, 2.05) is 6.92 Å². The summed E-state index contributed by atoms with van der Waals surface area (Å²) in [6.07, 6.45) is 8.15. The molecule has 0 bridgehead atoms. The number of rotatable bonds is 3. The lowest BCUT2D eigenvalue weighted by molar-refractivity contribution is 0.0524. The summed E-state index contributed by atoms with van der Waals surface area (Å²) in [6, 6.07) is 2.07. The molecule has 3 rings (SSSR count). The second-order valence-electron chi connectivity index (χ2n) is 5.58. The molecule has 0 spiro atoms. The van der Waals surface area contributed by atoms with Crippen LogP contribution >= 0.6 is 0 Å². The number of ether oxygens (including phenoxy) is 1. The third-order valence-corrected chi connectivity index (χ3v) is 4.04. The summed E-state index contributed by atoms with van der Waals surface area (Å²) in [5, 5.41) is 0. The lowest BCUT2D eigenvalue weighted by Gasteiger charge is -2.12. The van der Waals surface area contributed by atoms with Crippen LogP contribution in [0, 0.1) is 0 Å². The SMILES string of the molecule is CCOC(=O)c1cc2c(nc1C1CC1)CCCCC2. The zero-order valence-corrected chi connectivity index (χ0v) is 11.6. The van der Waals surface area contributed by atoms with Gasteiger partial charge < -0.3 is 4.74 Å². The van der Waals surface area contributed by atoms with Crippen LogP contribution in [0.4, 0.5) is 0 Å². The van der Waals surface area contributed by atoms with Crippen LogP contribution in [0.3, 0.4) is 0 Å². The molecular formula is C16H21NO2. The van der Waals surface area contributed by atoms with E-state index in [0.29, 0.717) is 12.5 Å².